The van der Waals surface area contributed by atoms with Gasteiger partial charge in [-0.1, -0.05) is 78.9 Å². The van der Waals surface area contributed by atoms with Crippen LogP contribution < -0.4 is 4.74 Å². The minimum absolute atomic E-state index is 0.252. The van der Waals surface area contributed by atoms with E-state index >= 15 is 0 Å². The van der Waals surface area contributed by atoms with E-state index in [9.17, 15) is 14.7 Å². The molecule has 0 atom stereocenters. The maximum absolute atomic E-state index is 12.5. The molecule has 1 aliphatic rings. The van der Waals surface area contributed by atoms with Gasteiger partial charge in [0.1, 0.15) is 18.0 Å². The molecule has 214 valence electrons. The molecule has 0 spiro atoms. The van der Waals surface area contributed by atoms with Crippen LogP contribution in [0.2, 0.25) is 0 Å². The number of hydrogen-bond donors (Lipinski definition) is 1. The van der Waals surface area contributed by atoms with Gasteiger partial charge in [0.2, 0.25) is 0 Å². The lowest BCUT2D eigenvalue weighted by Crippen LogP contribution is -2.39. The zero-order valence-electron chi connectivity index (χ0n) is 24.2. The highest BCUT2D eigenvalue weighted by molar-refractivity contribution is 5.95. The van der Waals surface area contributed by atoms with Crippen LogP contribution in [0.5, 0.6) is 5.75 Å². The summed E-state index contributed by atoms with van der Waals surface area (Å²) in [5.74, 6) is -0.157. The van der Waals surface area contributed by atoms with E-state index in [0.717, 1.165) is 39.1 Å². The molecule has 4 aromatic carbocycles. The second-order valence-electron chi connectivity index (χ2n) is 11.3. The summed E-state index contributed by atoms with van der Waals surface area (Å²) in [7, 11) is 0. The van der Waals surface area contributed by atoms with Crippen molar-refractivity contribution in [2.24, 2.45) is 0 Å². The number of benzene rings is 4. The number of amides is 1. The second kappa shape index (κ2) is 12.4. The zero-order chi connectivity index (χ0) is 29.7. The van der Waals surface area contributed by atoms with Gasteiger partial charge in [-0.15, -0.1) is 0 Å². The van der Waals surface area contributed by atoms with E-state index in [4.69, 9.17) is 9.47 Å². The van der Waals surface area contributed by atoms with Crippen LogP contribution in [0, 0.1) is 0 Å². The van der Waals surface area contributed by atoms with Gasteiger partial charge >= 0.3 is 12.1 Å². The summed E-state index contributed by atoms with van der Waals surface area (Å²) in [5.41, 5.74) is 6.49. The van der Waals surface area contributed by atoms with Crippen LogP contribution in [0.4, 0.5) is 4.79 Å². The Hall–Kier alpha value is -4.84. The third-order valence-corrected chi connectivity index (χ3v) is 7.11. The highest BCUT2D eigenvalue weighted by Crippen LogP contribution is 2.32. The Morgan fingerprint density at radius 2 is 1.40 bits per heavy atom. The van der Waals surface area contributed by atoms with Crippen molar-refractivity contribution < 1.29 is 24.2 Å². The number of carboxylic acid groups (broad SMARTS) is 1. The molecule has 1 N–H and O–H groups in total. The van der Waals surface area contributed by atoms with Crippen molar-refractivity contribution >= 4 is 17.6 Å². The van der Waals surface area contributed by atoms with Crippen molar-refractivity contribution in [1.82, 2.24) is 4.90 Å². The average molecular weight is 562 g/mol. The zero-order valence-corrected chi connectivity index (χ0v) is 24.2. The van der Waals surface area contributed by atoms with Crippen LogP contribution in [-0.4, -0.2) is 40.8 Å². The summed E-state index contributed by atoms with van der Waals surface area (Å²) in [4.78, 5) is 26.2. The molecular formula is C36H35NO5. The van der Waals surface area contributed by atoms with Crippen molar-refractivity contribution in [2.75, 3.05) is 13.1 Å². The first-order valence-electron chi connectivity index (χ1n) is 14.1. The molecule has 0 fully saturated rings. The van der Waals surface area contributed by atoms with Gasteiger partial charge in [-0.2, -0.15) is 0 Å². The molecule has 42 heavy (non-hydrogen) atoms. The van der Waals surface area contributed by atoms with Gasteiger partial charge in [0.25, 0.3) is 0 Å². The van der Waals surface area contributed by atoms with Crippen LogP contribution >= 0.6 is 0 Å². The lowest BCUT2D eigenvalue weighted by atomic mass is 9.91. The Balaban J connectivity index is 1.30. The van der Waals surface area contributed by atoms with Crippen LogP contribution in [0.15, 0.2) is 103 Å². The monoisotopic (exact) mass is 561 g/mol. The molecule has 1 amide bonds. The number of ether oxygens (including phenoxy) is 2. The van der Waals surface area contributed by atoms with Gasteiger partial charge in [0.15, 0.2) is 0 Å². The standard InChI is InChI=1S/C36H35NO5/c1-36(2,3)42-35(40)37-21-19-29(20-22-37)33-23-30(15-18-32(33)34(38)39)28-11-9-26(10-12-28)27-13-16-31(17-14-27)41-24-25-7-5-4-6-8-25/h4-19,23H,20-22,24H2,1-3H3,(H,38,39). The molecule has 0 saturated carbocycles. The van der Waals surface area contributed by atoms with Gasteiger partial charge in [0, 0.05) is 13.1 Å². The van der Waals surface area contributed by atoms with Crippen LogP contribution in [0.25, 0.3) is 27.8 Å². The Labute approximate surface area is 246 Å². The van der Waals surface area contributed by atoms with Gasteiger partial charge in [-0.05, 0) is 90.4 Å². The average Bonchev–Trinajstić information content (AvgIpc) is 3.00. The fraction of sp³-hybridized carbons (Fsp3) is 0.222. The number of carboxylic acids is 1. The van der Waals surface area contributed by atoms with E-state index in [1.807, 2.05) is 106 Å². The molecule has 0 saturated heterocycles. The smallest absolute Gasteiger partial charge is 0.410 e. The summed E-state index contributed by atoms with van der Waals surface area (Å²) in [6.45, 7) is 6.88. The molecule has 0 bridgehead atoms. The largest absolute Gasteiger partial charge is 0.489 e. The molecule has 1 heterocycles. The Kier molecular flexibility index (Phi) is 8.43. The Bertz CT molecular complexity index is 1580. The number of nitrogens with zero attached hydrogens (tertiary/aromatic N) is 1. The van der Waals surface area contributed by atoms with Crippen molar-refractivity contribution in [2.45, 2.75) is 39.4 Å². The van der Waals surface area contributed by atoms with E-state index in [2.05, 4.69) is 12.1 Å². The third-order valence-electron chi connectivity index (χ3n) is 7.11. The van der Waals surface area contributed by atoms with E-state index in [1.165, 1.54) is 0 Å². The molecular weight excluding hydrogens is 526 g/mol. The first kappa shape index (κ1) is 28.7. The normalized spacial score (nSPS) is 13.3. The molecule has 0 aromatic heterocycles. The number of rotatable bonds is 7. The predicted molar refractivity (Wildman–Crippen MR) is 165 cm³/mol. The molecule has 0 radical (unpaired) electrons. The lowest BCUT2D eigenvalue weighted by molar-refractivity contribution is 0.0270. The summed E-state index contributed by atoms with van der Waals surface area (Å²) in [6, 6.07) is 31.8. The second-order valence-corrected chi connectivity index (χ2v) is 11.3. The first-order chi connectivity index (χ1) is 20.2. The molecule has 5 rings (SSSR count). The molecule has 0 unspecified atom stereocenters. The molecule has 4 aromatic rings. The fourth-order valence-corrected chi connectivity index (χ4v) is 4.92. The Morgan fingerprint density at radius 1 is 0.810 bits per heavy atom. The van der Waals surface area contributed by atoms with Crippen molar-refractivity contribution in [3.63, 3.8) is 0 Å². The molecule has 6 heteroatoms. The molecule has 6 nitrogen and oxygen atoms in total. The number of hydrogen-bond acceptors (Lipinski definition) is 4. The quantitative estimate of drug-likeness (QED) is 0.246. The van der Waals surface area contributed by atoms with Crippen molar-refractivity contribution in [3.8, 4) is 28.0 Å². The van der Waals surface area contributed by atoms with E-state index < -0.39 is 11.6 Å². The molecule has 1 aliphatic heterocycles. The predicted octanol–water partition coefficient (Wildman–Crippen LogP) is 8.32. The fourth-order valence-electron chi connectivity index (χ4n) is 4.92. The van der Waals surface area contributed by atoms with E-state index in [-0.39, 0.29) is 11.7 Å². The number of carbonyl (C=O) groups is 2. The van der Waals surface area contributed by atoms with Gasteiger partial charge < -0.3 is 19.5 Å². The maximum atomic E-state index is 12.5. The first-order valence-corrected chi connectivity index (χ1v) is 14.1. The Morgan fingerprint density at radius 3 is 1.98 bits per heavy atom. The van der Waals surface area contributed by atoms with Crippen molar-refractivity contribution in [3.05, 3.63) is 120 Å². The highest BCUT2D eigenvalue weighted by Gasteiger charge is 2.25. The van der Waals surface area contributed by atoms with Crippen LogP contribution in [0.3, 0.4) is 0 Å². The summed E-state index contributed by atoms with van der Waals surface area (Å²) >= 11 is 0. The van der Waals surface area contributed by atoms with Gasteiger partial charge in [-0.25, -0.2) is 9.59 Å². The minimum atomic E-state index is -0.974. The van der Waals surface area contributed by atoms with Gasteiger partial charge in [0.05, 0.1) is 5.56 Å². The lowest BCUT2D eigenvalue weighted by Gasteiger charge is -2.30. The summed E-state index contributed by atoms with van der Waals surface area (Å²) < 4.78 is 11.4. The topological polar surface area (TPSA) is 76.1 Å². The molecule has 0 aliphatic carbocycles. The summed E-state index contributed by atoms with van der Waals surface area (Å²) in [5, 5.41) is 9.88. The van der Waals surface area contributed by atoms with Crippen molar-refractivity contribution in [1.29, 1.82) is 0 Å². The minimum Gasteiger partial charge on any atom is -0.489 e. The third kappa shape index (κ3) is 7.07. The SMILES string of the molecule is CC(C)(C)OC(=O)N1CC=C(c2cc(-c3ccc(-c4ccc(OCc5ccccc5)cc4)cc3)ccc2C(=O)O)CC1. The van der Waals surface area contributed by atoms with Crippen LogP contribution in [-0.2, 0) is 11.3 Å². The summed E-state index contributed by atoms with van der Waals surface area (Å²) in [6.07, 6.45) is 2.11. The highest BCUT2D eigenvalue weighted by atomic mass is 16.6. The maximum Gasteiger partial charge on any atom is 0.410 e. The number of aromatic carboxylic acids is 1. The van der Waals surface area contributed by atoms with Crippen LogP contribution in [0.1, 0.15) is 48.7 Å². The van der Waals surface area contributed by atoms with E-state index in [1.54, 1.807) is 11.0 Å². The number of carbonyl (C=O) groups excluding carboxylic acids is 1. The van der Waals surface area contributed by atoms with Gasteiger partial charge in [-0.3, -0.25) is 0 Å². The van der Waals surface area contributed by atoms with E-state index in [0.29, 0.717) is 31.7 Å².